The highest BCUT2D eigenvalue weighted by molar-refractivity contribution is 5.02. The minimum absolute atomic E-state index is 0.608. The van der Waals surface area contributed by atoms with Gasteiger partial charge < -0.3 is 5.11 Å². The van der Waals surface area contributed by atoms with Crippen molar-refractivity contribution in [3.05, 3.63) is 18.0 Å². The molecule has 1 aromatic rings. The normalized spacial score (nSPS) is 15.2. The minimum atomic E-state index is -0.608. The first kappa shape index (κ1) is 12.2. The Morgan fingerprint density at radius 1 is 1.47 bits per heavy atom. The Kier molecular flexibility index (Phi) is 4.33. The van der Waals surface area contributed by atoms with Crippen molar-refractivity contribution in [1.29, 1.82) is 0 Å². The summed E-state index contributed by atoms with van der Waals surface area (Å²) >= 11 is 0. The number of rotatable bonds is 6. The quantitative estimate of drug-likeness (QED) is 0.732. The molecule has 1 heterocycles. The Bertz CT molecular complexity index is 292. The molecule has 0 aromatic carbocycles. The van der Waals surface area contributed by atoms with Crippen LogP contribution in [0.25, 0.3) is 0 Å². The molecule has 0 radical (unpaired) electrons. The number of nitrogens with zero attached hydrogens (tertiary/aromatic N) is 2. The molecule has 15 heavy (non-hydrogen) atoms. The fourth-order valence-corrected chi connectivity index (χ4v) is 1.79. The molecule has 0 fully saturated rings. The molecule has 3 nitrogen and oxygen atoms in total. The van der Waals surface area contributed by atoms with Crippen LogP contribution in [0.5, 0.6) is 0 Å². The molecule has 0 saturated carbocycles. The molecule has 0 bridgehead atoms. The van der Waals surface area contributed by atoms with E-state index in [1.807, 2.05) is 26.2 Å². The second-order valence-electron chi connectivity index (χ2n) is 4.61. The summed E-state index contributed by atoms with van der Waals surface area (Å²) < 4.78 is 1.78. The molecule has 1 N–H and O–H groups in total. The fourth-order valence-electron chi connectivity index (χ4n) is 1.79. The van der Waals surface area contributed by atoms with Crippen molar-refractivity contribution >= 4 is 0 Å². The van der Waals surface area contributed by atoms with Gasteiger partial charge in [0, 0.05) is 19.7 Å². The highest BCUT2D eigenvalue weighted by Gasteiger charge is 2.21. The second kappa shape index (κ2) is 5.31. The monoisotopic (exact) mass is 210 g/mol. The topological polar surface area (TPSA) is 38.0 Å². The number of unbranched alkanes of at least 4 members (excludes halogenated alkanes) is 2. The van der Waals surface area contributed by atoms with E-state index < -0.39 is 5.60 Å². The van der Waals surface area contributed by atoms with Crippen LogP contribution in [0.1, 0.15) is 45.2 Å². The van der Waals surface area contributed by atoms with Crippen LogP contribution < -0.4 is 0 Å². The third-order valence-corrected chi connectivity index (χ3v) is 2.65. The summed E-state index contributed by atoms with van der Waals surface area (Å²) in [4.78, 5) is 0. The highest BCUT2D eigenvalue weighted by Crippen LogP contribution is 2.19. The molecule has 1 rings (SSSR count). The predicted octanol–water partition coefficient (Wildman–Crippen LogP) is 2.29. The summed E-state index contributed by atoms with van der Waals surface area (Å²) in [6.45, 7) is 4.07. The van der Waals surface area contributed by atoms with Crippen LogP contribution in [0.3, 0.4) is 0 Å². The molecule has 0 spiro atoms. The first-order chi connectivity index (χ1) is 7.03. The Hall–Kier alpha value is -0.830. The Balaban J connectivity index is 2.41. The Morgan fingerprint density at radius 3 is 2.73 bits per heavy atom. The van der Waals surface area contributed by atoms with Crippen LogP contribution in [-0.4, -0.2) is 20.5 Å². The van der Waals surface area contributed by atoms with Crippen LogP contribution in [0.2, 0.25) is 0 Å². The number of aromatic nitrogens is 2. The van der Waals surface area contributed by atoms with Gasteiger partial charge in [0.15, 0.2) is 0 Å². The van der Waals surface area contributed by atoms with E-state index in [0.29, 0.717) is 6.42 Å². The van der Waals surface area contributed by atoms with E-state index >= 15 is 0 Å². The molecule has 3 heteroatoms. The largest absolute Gasteiger partial charge is 0.390 e. The van der Waals surface area contributed by atoms with Crippen molar-refractivity contribution in [1.82, 2.24) is 9.78 Å². The standard InChI is InChI=1S/C12H22N2O/c1-4-5-6-8-12(2,15)10-11-7-9-14(3)13-11/h7,9,15H,4-6,8,10H2,1-3H3. The third-order valence-electron chi connectivity index (χ3n) is 2.65. The lowest BCUT2D eigenvalue weighted by Crippen LogP contribution is -2.27. The summed E-state index contributed by atoms with van der Waals surface area (Å²) in [5.74, 6) is 0. The first-order valence-corrected chi connectivity index (χ1v) is 5.74. The Morgan fingerprint density at radius 2 is 2.20 bits per heavy atom. The summed E-state index contributed by atoms with van der Waals surface area (Å²) in [5, 5.41) is 14.4. The number of hydrogen-bond acceptors (Lipinski definition) is 2. The summed E-state index contributed by atoms with van der Waals surface area (Å²) in [6.07, 6.45) is 6.90. The molecule has 86 valence electrons. The van der Waals surface area contributed by atoms with E-state index in [-0.39, 0.29) is 0 Å². The van der Waals surface area contributed by atoms with Gasteiger partial charge in [0.1, 0.15) is 0 Å². The van der Waals surface area contributed by atoms with Crippen LogP contribution >= 0.6 is 0 Å². The molecule has 1 aromatic heterocycles. The number of aryl methyl sites for hydroxylation is 1. The van der Waals surface area contributed by atoms with Crippen molar-refractivity contribution < 1.29 is 5.11 Å². The summed E-state index contributed by atoms with van der Waals surface area (Å²) in [5.41, 5.74) is 0.364. The average Bonchev–Trinajstić information content (AvgIpc) is 2.50. The van der Waals surface area contributed by atoms with Gasteiger partial charge in [-0.15, -0.1) is 0 Å². The van der Waals surface area contributed by atoms with Gasteiger partial charge in [0.2, 0.25) is 0 Å². The SMILES string of the molecule is CCCCCC(C)(O)Cc1ccn(C)n1. The molecule has 0 aliphatic heterocycles. The van der Waals surface area contributed by atoms with Crippen molar-refractivity contribution in [3.8, 4) is 0 Å². The lowest BCUT2D eigenvalue weighted by molar-refractivity contribution is 0.0475. The lowest BCUT2D eigenvalue weighted by atomic mass is 9.93. The van der Waals surface area contributed by atoms with Gasteiger partial charge in [0.25, 0.3) is 0 Å². The lowest BCUT2D eigenvalue weighted by Gasteiger charge is -2.21. The second-order valence-corrected chi connectivity index (χ2v) is 4.61. The van der Waals surface area contributed by atoms with Crippen molar-refractivity contribution in [3.63, 3.8) is 0 Å². The van der Waals surface area contributed by atoms with Gasteiger partial charge in [-0.3, -0.25) is 4.68 Å². The van der Waals surface area contributed by atoms with Gasteiger partial charge in [0.05, 0.1) is 11.3 Å². The highest BCUT2D eigenvalue weighted by atomic mass is 16.3. The van der Waals surface area contributed by atoms with Gasteiger partial charge in [-0.1, -0.05) is 26.2 Å². The maximum absolute atomic E-state index is 10.2. The van der Waals surface area contributed by atoms with Crippen LogP contribution in [0, 0.1) is 0 Å². The van der Waals surface area contributed by atoms with Gasteiger partial charge in [-0.25, -0.2) is 0 Å². The Labute approximate surface area is 92.1 Å². The van der Waals surface area contributed by atoms with Crippen LogP contribution in [-0.2, 0) is 13.5 Å². The zero-order valence-corrected chi connectivity index (χ0v) is 10.0. The van der Waals surface area contributed by atoms with E-state index in [1.165, 1.54) is 12.8 Å². The van der Waals surface area contributed by atoms with E-state index in [1.54, 1.807) is 4.68 Å². The maximum atomic E-state index is 10.2. The molecule has 0 amide bonds. The average molecular weight is 210 g/mol. The minimum Gasteiger partial charge on any atom is -0.390 e. The summed E-state index contributed by atoms with van der Waals surface area (Å²) in [6, 6.07) is 1.97. The van der Waals surface area contributed by atoms with Crippen molar-refractivity contribution in [2.24, 2.45) is 7.05 Å². The van der Waals surface area contributed by atoms with Crippen LogP contribution in [0.15, 0.2) is 12.3 Å². The molecule has 0 aliphatic rings. The van der Waals surface area contributed by atoms with E-state index in [0.717, 1.165) is 18.5 Å². The van der Waals surface area contributed by atoms with Crippen LogP contribution in [0.4, 0.5) is 0 Å². The number of hydrogen-bond donors (Lipinski definition) is 1. The van der Waals surface area contributed by atoms with Gasteiger partial charge in [-0.05, 0) is 19.4 Å². The smallest absolute Gasteiger partial charge is 0.0675 e. The summed E-state index contributed by atoms with van der Waals surface area (Å²) in [7, 11) is 1.90. The molecular formula is C12H22N2O. The predicted molar refractivity (Wildman–Crippen MR) is 61.7 cm³/mol. The fraction of sp³-hybridized carbons (Fsp3) is 0.750. The molecule has 1 atom stereocenters. The van der Waals surface area contributed by atoms with Crippen molar-refractivity contribution in [2.75, 3.05) is 0 Å². The van der Waals surface area contributed by atoms with Crippen molar-refractivity contribution in [2.45, 2.75) is 51.6 Å². The van der Waals surface area contributed by atoms with E-state index in [2.05, 4.69) is 12.0 Å². The molecule has 0 saturated heterocycles. The van der Waals surface area contributed by atoms with E-state index in [9.17, 15) is 5.11 Å². The molecule has 0 aliphatic carbocycles. The maximum Gasteiger partial charge on any atom is 0.0675 e. The molecular weight excluding hydrogens is 188 g/mol. The first-order valence-electron chi connectivity index (χ1n) is 5.74. The van der Waals surface area contributed by atoms with Gasteiger partial charge in [-0.2, -0.15) is 5.10 Å². The third kappa shape index (κ3) is 4.47. The molecule has 1 unspecified atom stereocenters. The van der Waals surface area contributed by atoms with E-state index in [4.69, 9.17) is 0 Å². The zero-order chi connectivity index (χ0) is 11.3. The number of aliphatic hydroxyl groups is 1. The van der Waals surface area contributed by atoms with Gasteiger partial charge >= 0.3 is 0 Å². The zero-order valence-electron chi connectivity index (χ0n) is 10.0.